The monoisotopic (exact) mass is 224 g/mol. The minimum Gasteiger partial charge on any atom is -0.372 e. The van der Waals surface area contributed by atoms with Crippen molar-refractivity contribution in [3.05, 3.63) is 34.4 Å². The quantitative estimate of drug-likeness (QED) is 0.621. The highest BCUT2D eigenvalue weighted by Crippen LogP contribution is 2.17. The van der Waals surface area contributed by atoms with Crippen LogP contribution in [-0.2, 0) is 9.53 Å². The van der Waals surface area contributed by atoms with Gasteiger partial charge in [0.05, 0.1) is 4.92 Å². The Kier molecular flexibility index (Phi) is 3.96. The van der Waals surface area contributed by atoms with E-state index in [9.17, 15) is 14.9 Å². The first kappa shape index (κ1) is 12.1. The predicted molar refractivity (Wildman–Crippen MR) is 58.2 cm³/mol. The lowest BCUT2D eigenvalue weighted by Gasteiger charge is -2.09. The molecule has 86 valence electrons. The zero-order chi connectivity index (χ0) is 12.1. The third-order valence-corrected chi connectivity index (χ3v) is 2.05. The summed E-state index contributed by atoms with van der Waals surface area (Å²) in [6.07, 6.45) is -0.598. The van der Waals surface area contributed by atoms with Gasteiger partial charge in [0, 0.05) is 24.9 Å². The number of hydrogen-bond acceptors (Lipinski definition) is 4. The Balaban J connectivity index is 2.78. The van der Waals surface area contributed by atoms with E-state index in [4.69, 9.17) is 4.74 Å². The minimum absolute atomic E-state index is 0.0668. The summed E-state index contributed by atoms with van der Waals surface area (Å²) in [5.41, 5.74) is 0.311. The lowest BCUT2D eigenvalue weighted by atomic mass is 10.2. The number of ether oxygens (including phenoxy) is 1. The summed E-state index contributed by atoms with van der Waals surface area (Å²) in [7, 11) is 1.41. The molecule has 1 unspecified atom stereocenters. The van der Waals surface area contributed by atoms with Crippen molar-refractivity contribution in [2.45, 2.75) is 13.0 Å². The van der Waals surface area contributed by atoms with Crippen molar-refractivity contribution >= 4 is 17.3 Å². The number of non-ortho nitro benzene ring substituents is 1. The SMILES string of the molecule is COC(C)C(=O)Nc1cccc([N+](=O)[O-])c1. The number of anilines is 1. The number of nitrogens with one attached hydrogen (secondary N) is 1. The number of rotatable bonds is 4. The van der Waals surface area contributed by atoms with Crippen LogP contribution in [0.2, 0.25) is 0 Å². The van der Waals surface area contributed by atoms with Gasteiger partial charge >= 0.3 is 0 Å². The molecule has 0 saturated carbocycles. The van der Waals surface area contributed by atoms with Gasteiger partial charge in [0.25, 0.3) is 11.6 Å². The average molecular weight is 224 g/mol. The largest absolute Gasteiger partial charge is 0.372 e. The van der Waals surface area contributed by atoms with Gasteiger partial charge in [-0.25, -0.2) is 0 Å². The predicted octanol–water partition coefficient (Wildman–Crippen LogP) is 1.57. The summed E-state index contributed by atoms with van der Waals surface area (Å²) in [4.78, 5) is 21.4. The minimum atomic E-state index is -0.598. The van der Waals surface area contributed by atoms with Crippen LogP contribution >= 0.6 is 0 Å². The van der Waals surface area contributed by atoms with Crippen LogP contribution in [-0.4, -0.2) is 24.0 Å². The van der Waals surface area contributed by atoms with Crippen LogP contribution in [0, 0.1) is 10.1 Å². The maximum absolute atomic E-state index is 11.4. The second kappa shape index (κ2) is 5.22. The number of hydrogen-bond donors (Lipinski definition) is 1. The molecule has 0 heterocycles. The van der Waals surface area contributed by atoms with Gasteiger partial charge in [-0.05, 0) is 13.0 Å². The Morgan fingerprint density at radius 3 is 2.81 bits per heavy atom. The Bertz CT molecular complexity index is 406. The third kappa shape index (κ3) is 3.03. The summed E-state index contributed by atoms with van der Waals surface area (Å²) in [5.74, 6) is -0.344. The fraction of sp³-hybridized carbons (Fsp3) is 0.300. The summed E-state index contributed by atoms with van der Waals surface area (Å²) in [6, 6.07) is 5.73. The van der Waals surface area contributed by atoms with Crippen LogP contribution < -0.4 is 5.32 Å². The smallest absolute Gasteiger partial charge is 0.271 e. The molecule has 0 bridgehead atoms. The van der Waals surface area contributed by atoms with Crippen molar-refractivity contribution in [2.75, 3.05) is 12.4 Å². The van der Waals surface area contributed by atoms with Gasteiger partial charge in [-0.3, -0.25) is 14.9 Å². The van der Waals surface area contributed by atoms with Gasteiger partial charge in [0.2, 0.25) is 0 Å². The lowest BCUT2D eigenvalue weighted by Crippen LogP contribution is -2.26. The number of methoxy groups -OCH3 is 1. The number of benzene rings is 1. The number of carbonyl (C=O) groups is 1. The summed E-state index contributed by atoms with van der Waals surface area (Å²) in [6.45, 7) is 1.59. The number of nitrogens with zero attached hydrogens (tertiary/aromatic N) is 1. The molecule has 1 aromatic rings. The first-order valence-corrected chi connectivity index (χ1v) is 4.62. The fourth-order valence-corrected chi connectivity index (χ4v) is 1.05. The molecule has 1 amide bonds. The summed E-state index contributed by atoms with van der Waals surface area (Å²) in [5, 5.41) is 13.0. The number of carbonyl (C=O) groups excluding carboxylic acids is 1. The molecule has 0 aliphatic carbocycles. The number of nitro groups is 1. The van der Waals surface area contributed by atoms with Crippen LogP contribution in [0.15, 0.2) is 24.3 Å². The maximum Gasteiger partial charge on any atom is 0.271 e. The molecule has 0 aromatic heterocycles. The van der Waals surface area contributed by atoms with Crippen LogP contribution in [0.4, 0.5) is 11.4 Å². The van der Waals surface area contributed by atoms with E-state index in [0.717, 1.165) is 0 Å². The van der Waals surface area contributed by atoms with Crippen LogP contribution in [0.25, 0.3) is 0 Å². The molecular formula is C10H12N2O4. The van der Waals surface area contributed by atoms with E-state index in [0.29, 0.717) is 5.69 Å². The third-order valence-electron chi connectivity index (χ3n) is 2.05. The van der Waals surface area contributed by atoms with Crippen molar-refractivity contribution in [3.8, 4) is 0 Å². The highest BCUT2D eigenvalue weighted by molar-refractivity contribution is 5.94. The van der Waals surface area contributed by atoms with Crippen LogP contribution in [0.1, 0.15) is 6.92 Å². The zero-order valence-corrected chi connectivity index (χ0v) is 8.97. The maximum atomic E-state index is 11.4. The van der Waals surface area contributed by atoms with Crippen molar-refractivity contribution in [1.29, 1.82) is 0 Å². The molecule has 0 aliphatic heterocycles. The van der Waals surface area contributed by atoms with Gasteiger partial charge < -0.3 is 10.1 Å². The molecule has 0 saturated heterocycles. The van der Waals surface area contributed by atoms with E-state index in [1.165, 1.54) is 25.3 Å². The molecule has 0 fully saturated rings. The molecule has 1 atom stereocenters. The fourth-order valence-electron chi connectivity index (χ4n) is 1.05. The van der Waals surface area contributed by atoms with Crippen molar-refractivity contribution < 1.29 is 14.5 Å². The molecule has 6 heteroatoms. The second-order valence-electron chi connectivity index (χ2n) is 3.17. The standard InChI is InChI=1S/C10H12N2O4/c1-7(16-2)10(13)11-8-4-3-5-9(6-8)12(14)15/h3-7H,1-2H3,(H,11,13). The zero-order valence-electron chi connectivity index (χ0n) is 8.97. The van der Waals surface area contributed by atoms with Gasteiger partial charge in [-0.1, -0.05) is 6.07 Å². The molecular weight excluding hydrogens is 212 g/mol. The van der Waals surface area contributed by atoms with E-state index in [1.54, 1.807) is 13.0 Å². The van der Waals surface area contributed by atoms with E-state index in [1.807, 2.05) is 0 Å². The van der Waals surface area contributed by atoms with E-state index < -0.39 is 11.0 Å². The first-order valence-electron chi connectivity index (χ1n) is 4.62. The Hall–Kier alpha value is -1.95. The molecule has 1 N–H and O–H groups in total. The molecule has 6 nitrogen and oxygen atoms in total. The summed E-state index contributed by atoms with van der Waals surface area (Å²) >= 11 is 0. The topological polar surface area (TPSA) is 81.5 Å². The molecule has 0 aliphatic rings. The molecule has 0 radical (unpaired) electrons. The van der Waals surface area contributed by atoms with E-state index in [2.05, 4.69) is 5.32 Å². The second-order valence-corrected chi connectivity index (χ2v) is 3.17. The molecule has 0 spiro atoms. The summed E-state index contributed by atoms with van der Waals surface area (Å²) < 4.78 is 4.82. The number of amides is 1. The Morgan fingerprint density at radius 2 is 2.25 bits per heavy atom. The molecule has 16 heavy (non-hydrogen) atoms. The van der Waals surface area contributed by atoms with Crippen LogP contribution in [0.5, 0.6) is 0 Å². The average Bonchev–Trinajstić information content (AvgIpc) is 2.28. The van der Waals surface area contributed by atoms with Crippen molar-refractivity contribution in [2.24, 2.45) is 0 Å². The highest BCUT2D eigenvalue weighted by Gasteiger charge is 2.13. The lowest BCUT2D eigenvalue weighted by molar-refractivity contribution is -0.384. The Morgan fingerprint density at radius 1 is 1.56 bits per heavy atom. The van der Waals surface area contributed by atoms with Gasteiger partial charge in [-0.15, -0.1) is 0 Å². The first-order chi connectivity index (χ1) is 7.54. The van der Waals surface area contributed by atoms with Gasteiger partial charge in [0.1, 0.15) is 6.10 Å². The van der Waals surface area contributed by atoms with Gasteiger partial charge in [-0.2, -0.15) is 0 Å². The molecule has 1 aromatic carbocycles. The van der Waals surface area contributed by atoms with Gasteiger partial charge in [0.15, 0.2) is 0 Å². The van der Waals surface area contributed by atoms with E-state index >= 15 is 0 Å². The normalized spacial score (nSPS) is 11.9. The Labute approximate surface area is 92.4 Å². The van der Waals surface area contributed by atoms with Crippen LogP contribution in [0.3, 0.4) is 0 Å². The number of nitro benzene ring substituents is 1. The molecule has 1 rings (SSSR count). The van der Waals surface area contributed by atoms with Crippen molar-refractivity contribution in [1.82, 2.24) is 0 Å². The van der Waals surface area contributed by atoms with E-state index in [-0.39, 0.29) is 11.6 Å². The highest BCUT2D eigenvalue weighted by atomic mass is 16.6. The van der Waals surface area contributed by atoms with Crippen molar-refractivity contribution in [3.63, 3.8) is 0 Å².